The predicted molar refractivity (Wildman–Crippen MR) is 82.1 cm³/mol. The standard InChI is InChI=1S/C16H16ClNO2/c17-8-7-15(19)16(20)10-5-6-12-11-3-1-2-4-13(11)18-14(12)9-10/h1-6,9,15-16,18-20H,7-8H2. The molecule has 3 N–H and O–H groups in total. The number of aromatic nitrogens is 1. The Labute approximate surface area is 121 Å². The van der Waals surface area contributed by atoms with Gasteiger partial charge in [0.25, 0.3) is 0 Å². The molecular formula is C16H16ClNO2. The molecular weight excluding hydrogens is 274 g/mol. The largest absolute Gasteiger partial charge is 0.390 e. The maximum Gasteiger partial charge on any atom is 0.105 e. The number of para-hydroxylation sites is 1. The van der Waals surface area contributed by atoms with Crippen molar-refractivity contribution in [3.8, 4) is 0 Å². The van der Waals surface area contributed by atoms with Crippen molar-refractivity contribution < 1.29 is 10.2 Å². The maximum atomic E-state index is 10.1. The Balaban J connectivity index is 2.04. The summed E-state index contributed by atoms with van der Waals surface area (Å²) in [6, 6.07) is 13.8. The summed E-state index contributed by atoms with van der Waals surface area (Å²) in [6.45, 7) is 0. The molecule has 0 aliphatic carbocycles. The summed E-state index contributed by atoms with van der Waals surface area (Å²) in [4.78, 5) is 3.33. The van der Waals surface area contributed by atoms with E-state index < -0.39 is 12.2 Å². The fourth-order valence-electron chi connectivity index (χ4n) is 2.55. The number of aliphatic hydroxyl groups excluding tert-OH is 2. The van der Waals surface area contributed by atoms with Gasteiger partial charge < -0.3 is 15.2 Å². The topological polar surface area (TPSA) is 56.2 Å². The summed E-state index contributed by atoms with van der Waals surface area (Å²) in [7, 11) is 0. The molecule has 0 aliphatic rings. The van der Waals surface area contributed by atoms with Crippen molar-refractivity contribution in [2.24, 2.45) is 0 Å². The molecule has 2 atom stereocenters. The minimum absolute atomic E-state index is 0.326. The highest BCUT2D eigenvalue weighted by molar-refractivity contribution is 6.17. The number of hydrogen-bond acceptors (Lipinski definition) is 2. The van der Waals surface area contributed by atoms with Crippen molar-refractivity contribution in [2.75, 3.05) is 5.88 Å². The molecule has 0 saturated carbocycles. The van der Waals surface area contributed by atoms with Gasteiger partial charge in [0, 0.05) is 27.7 Å². The highest BCUT2D eigenvalue weighted by Crippen LogP contribution is 2.28. The second-order valence-corrected chi connectivity index (χ2v) is 5.34. The number of hydrogen-bond donors (Lipinski definition) is 3. The number of aliphatic hydroxyl groups is 2. The van der Waals surface area contributed by atoms with Crippen LogP contribution in [0.4, 0.5) is 0 Å². The van der Waals surface area contributed by atoms with Gasteiger partial charge in [0.2, 0.25) is 0 Å². The molecule has 1 aromatic heterocycles. The Bertz CT molecular complexity index is 738. The normalized spacial score (nSPS) is 14.8. The molecule has 104 valence electrons. The highest BCUT2D eigenvalue weighted by Gasteiger charge is 2.18. The summed E-state index contributed by atoms with van der Waals surface area (Å²) < 4.78 is 0. The monoisotopic (exact) mass is 289 g/mol. The van der Waals surface area contributed by atoms with Crippen molar-refractivity contribution in [3.63, 3.8) is 0 Å². The van der Waals surface area contributed by atoms with Gasteiger partial charge in [-0.15, -0.1) is 11.6 Å². The van der Waals surface area contributed by atoms with Crippen LogP contribution in [0.1, 0.15) is 18.1 Å². The zero-order valence-electron chi connectivity index (χ0n) is 10.9. The summed E-state index contributed by atoms with van der Waals surface area (Å²) >= 11 is 5.60. The first-order chi connectivity index (χ1) is 9.70. The van der Waals surface area contributed by atoms with E-state index in [4.69, 9.17) is 11.6 Å². The molecule has 4 heteroatoms. The summed E-state index contributed by atoms with van der Waals surface area (Å²) in [5.74, 6) is 0.326. The molecule has 0 radical (unpaired) electrons. The van der Waals surface area contributed by atoms with E-state index in [9.17, 15) is 10.2 Å². The lowest BCUT2D eigenvalue weighted by molar-refractivity contribution is 0.0171. The average Bonchev–Trinajstić information content (AvgIpc) is 2.84. The third kappa shape index (κ3) is 2.29. The van der Waals surface area contributed by atoms with E-state index in [1.54, 1.807) is 0 Å². The minimum atomic E-state index is -0.912. The molecule has 0 fully saturated rings. The van der Waals surface area contributed by atoms with E-state index in [2.05, 4.69) is 11.1 Å². The van der Waals surface area contributed by atoms with Gasteiger partial charge in [0.15, 0.2) is 0 Å². The van der Waals surface area contributed by atoms with E-state index in [-0.39, 0.29) is 0 Å². The lowest BCUT2D eigenvalue weighted by atomic mass is 10.0. The van der Waals surface area contributed by atoms with Crippen LogP contribution >= 0.6 is 11.6 Å². The smallest absolute Gasteiger partial charge is 0.105 e. The molecule has 0 saturated heterocycles. The van der Waals surface area contributed by atoms with Crippen LogP contribution < -0.4 is 0 Å². The lowest BCUT2D eigenvalue weighted by Gasteiger charge is -2.17. The number of rotatable bonds is 4. The molecule has 3 aromatic rings. The van der Waals surface area contributed by atoms with Crippen molar-refractivity contribution in [2.45, 2.75) is 18.6 Å². The quantitative estimate of drug-likeness (QED) is 0.645. The fraction of sp³-hybridized carbons (Fsp3) is 0.250. The second kappa shape index (κ2) is 5.44. The number of H-pyrrole nitrogens is 1. The van der Waals surface area contributed by atoms with Crippen LogP contribution in [-0.2, 0) is 0 Å². The maximum absolute atomic E-state index is 10.1. The van der Waals surface area contributed by atoms with Crippen LogP contribution in [0.15, 0.2) is 42.5 Å². The van der Waals surface area contributed by atoms with E-state index in [0.717, 1.165) is 21.8 Å². The molecule has 2 aromatic carbocycles. The summed E-state index contributed by atoms with van der Waals surface area (Å²) in [5, 5.41) is 22.2. The van der Waals surface area contributed by atoms with Gasteiger partial charge in [-0.25, -0.2) is 0 Å². The van der Waals surface area contributed by atoms with Crippen LogP contribution in [0.25, 0.3) is 21.8 Å². The molecule has 3 rings (SSSR count). The van der Waals surface area contributed by atoms with E-state index >= 15 is 0 Å². The second-order valence-electron chi connectivity index (χ2n) is 4.97. The predicted octanol–water partition coefficient (Wildman–Crippen LogP) is 3.34. The SMILES string of the molecule is OC(CCCl)C(O)c1ccc2c(c1)[nH]c1ccccc12. The van der Waals surface area contributed by atoms with Crippen molar-refractivity contribution in [1.29, 1.82) is 0 Å². The first-order valence-corrected chi connectivity index (χ1v) is 7.16. The first-order valence-electron chi connectivity index (χ1n) is 6.63. The number of alkyl halides is 1. The van der Waals surface area contributed by atoms with Crippen LogP contribution in [0, 0.1) is 0 Å². The van der Waals surface area contributed by atoms with E-state index in [0.29, 0.717) is 17.9 Å². The van der Waals surface area contributed by atoms with Crippen molar-refractivity contribution in [1.82, 2.24) is 4.98 Å². The average molecular weight is 290 g/mol. The van der Waals surface area contributed by atoms with Gasteiger partial charge in [-0.2, -0.15) is 0 Å². The summed E-state index contributed by atoms with van der Waals surface area (Å²) in [5.41, 5.74) is 2.72. The third-order valence-electron chi connectivity index (χ3n) is 3.64. The Morgan fingerprint density at radius 3 is 2.55 bits per heavy atom. The van der Waals surface area contributed by atoms with Crippen LogP contribution in [0.2, 0.25) is 0 Å². The molecule has 0 aliphatic heterocycles. The zero-order valence-corrected chi connectivity index (χ0v) is 11.6. The molecule has 20 heavy (non-hydrogen) atoms. The van der Waals surface area contributed by atoms with Crippen LogP contribution in [0.5, 0.6) is 0 Å². The van der Waals surface area contributed by atoms with E-state index in [1.807, 2.05) is 36.4 Å². The van der Waals surface area contributed by atoms with Gasteiger partial charge in [0.05, 0.1) is 6.10 Å². The Morgan fingerprint density at radius 2 is 1.75 bits per heavy atom. The third-order valence-corrected chi connectivity index (χ3v) is 3.86. The highest BCUT2D eigenvalue weighted by atomic mass is 35.5. The Kier molecular flexibility index (Phi) is 3.66. The number of fused-ring (bicyclic) bond motifs is 3. The number of nitrogens with one attached hydrogen (secondary N) is 1. The van der Waals surface area contributed by atoms with Crippen molar-refractivity contribution in [3.05, 3.63) is 48.0 Å². The fourth-order valence-corrected chi connectivity index (χ4v) is 2.77. The van der Waals surface area contributed by atoms with E-state index in [1.165, 1.54) is 0 Å². The van der Waals surface area contributed by atoms with Crippen LogP contribution in [0.3, 0.4) is 0 Å². The Morgan fingerprint density at radius 1 is 1.00 bits per heavy atom. The van der Waals surface area contributed by atoms with Gasteiger partial charge in [-0.05, 0) is 24.1 Å². The Hall–Kier alpha value is -1.55. The molecule has 0 bridgehead atoms. The summed E-state index contributed by atoms with van der Waals surface area (Å²) in [6.07, 6.45) is -1.38. The van der Waals surface area contributed by atoms with Crippen molar-refractivity contribution >= 4 is 33.4 Å². The molecule has 0 spiro atoms. The molecule has 2 unspecified atom stereocenters. The number of halogens is 1. The number of aromatic amines is 1. The molecule has 0 amide bonds. The van der Waals surface area contributed by atoms with Crippen LogP contribution in [-0.4, -0.2) is 27.2 Å². The lowest BCUT2D eigenvalue weighted by Crippen LogP contribution is -2.18. The van der Waals surface area contributed by atoms with Gasteiger partial charge >= 0.3 is 0 Å². The minimum Gasteiger partial charge on any atom is -0.390 e. The van der Waals surface area contributed by atoms with Gasteiger partial charge in [-0.1, -0.05) is 30.3 Å². The first kappa shape index (κ1) is 13.4. The molecule has 3 nitrogen and oxygen atoms in total. The zero-order chi connectivity index (χ0) is 14.1. The van der Waals surface area contributed by atoms with Gasteiger partial charge in [-0.3, -0.25) is 0 Å². The molecule has 1 heterocycles. The van der Waals surface area contributed by atoms with Gasteiger partial charge in [0.1, 0.15) is 6.10 Å². The number of benzene rings is 2.